The molecule has 0 aromatic rings. The van der Waals surface area contributed by atoms with Crippen molar-refractivity contribution < 1.29 is 46.1 Å². The Kier molecular flexibility index (Phi) is 3.71. The molecule has 0 radical (unpaired) electrons. The molecule has 2 heterocycles. The average molecular weight is 456 g/mol. The van der Waals surface area contributed by atoms with Gasteiger partial charge in [0.2, 0.25) is 0 Å². The zero-order valence-corrected chi connectivity index (χ0v) is 16.1. The number of allylic oxidation sites excluding steroid dienone is 6. The van der Waals surface area contributed by atoms with Crippen LogP contribution in [0.2, 0.25) is 0 Å². The summed E-state index contributed by atoms with van der Waals surface area (Å²) in [6.07, 6.45) is 2.07. The third-order valence-electron chi connectivity index (χ3n) is 5.83. The van der Waals surface area contributed by atoms with Gasteiger partial charge in [-0.2, -0.15) is 26.3 Å². The van der Waals surface area contributed by atoms with E-state index in [-0.39, 0.29) is 23.5 Å². The maximum atomic E-state index is 14.7. The van der Waals surface area contributed by atoms with Crippen LogP contribution in [0.4, 0.5) is 26.3 Å². The number of rotatable bonds is 2. The second-order valence-corrected chi connectivity index (χ2v) is 9.47. The van der Waals surface area contributed by atoms with Crippen molar-refractivity contribution in [3.05, 3.63) is 42.9 Å². The monoisotopic (exact) mass is 456 g/mol. The fourth-order valence-corrected chi connectivity index (χ4v) is 6.92. The van der Waals surface area contributed by atoms with E-state index >= 15 is 0 Å². The minimum atomic E-state index is -5.77. The van der Waals surface area contributed by atoms with Gasteiger partial charge in [-0.3, -0.25) is 0 Å². The van der Waals surface area contributed by atoms with Gasteiger partial charge in [-0.25, -0.2) is 9.59 Å². The van der Waals surface area contributed by atoms with Crippen molar-refractivity contribution in [2.45, 2.75) is 31.6 Å². The molecule has 0 saturated heterocycles. The lowest BCUT2D eigenvalue weighted by atomic mass is 9.60. The molecule has 0 aromatic carbocycles. The first kappa shape index (κ1) is 20.5. The van der Waals surface area contributed by atoms with Gasteiger partial charge in [0.05, 0.1) is 9.81 Å². The number of aliphatic carboxylic acids is 2. The zero-order valence-electron chi connectivity index (χ0n) is 14.4. The Morgan fingerprint density at radius 1 is 0.759 bits per heavy atom. The zero-order chi connectivity index (χ0) is 21.9. The van der Waals surface area contributed by atoms with Crippen molar-refractivity contribution in [1.29, 1.82) is 0 Å². The lowest BCUT2D eigenvalue weighted by Gasteiger charge is -2.45. The number of fused-ring (bicyclic) bond motifs is 4. The normalized spacial score (nSPS) is 35.7. The SMILES string of the molecule is C[C@@]12C=C(C(=O)O)SC1=C1C(=C3SC(C(=O)O)=C[C@]32C)C(F)(F)C(F)(F)C1(F)F. The summed E-state index contributed by atoms with van der Waals surface area (Å²) < 4.78 is 87.2. The quantitative estimate of drug-likeness (QED) is 0.578. The van der Waals surface area contributed by atoms with Crippen molar-refractivity contribution >= 4 is 35.5 Å². The van der Waals surface area contributed by atoms with Gasteiger partial charge in [-0.05, 0) is 0 Å². The summed E-state index contributed by atoms with van der Waals surface area (Å²) in [7, 11) is 0. The third kappa shape index (κ3) is 2.01. The van der Waals surface area contributed by atoms with Gasteiger partial charge in [0.25, 0.3) is 0 Å². The molecule has 0 aromatic heterocycles. The number of alkyl halides is 6. The van der Waals surface area contributed by atoms with E-state index in [4.69, 9.17) is 0 Å². The van der Waals surface area contributed by atoms with Crippen molar-refractivity contribution in [3.8, 4) is 0 Å². The van der Waals surface area contributed by atoms with Gasteiger partial charge in [-0.15, -0.1) is 0 Å². The van der Waals surface area contributed by atoms with Crippen LogP contribution in [-0.4, -0.2) is 39.9 Å². The van der Waals surface area contributed by atoms with Gasteiger partial charge in [0.1, 0.15) is 0 Å². The largest absolute Gasteiger partial charge is 0.477 e. The van der Waals surface area contributed by atoms with E-state index < -0.39 is 71.3 Å². The summed E-state index contributed by atoms with van der Waals surface area (Å²) in [5.74, 6) is -19.4. The molecule has 0 unspecified atom stereocenters. The minimum absolute atomic E-state index is 0.213. The highest BCUT2D eigenvalue weighted by Gasteiger charge is 2.84. The summed E-state index contributed by atoms with van der Waals surface area (Å²) in [5.41, 5.74) is -6.70. The van der Waals surface area contributed by atoms with E-state index in [1.807, 2.05) is 0 Å². The van der Waals surface area contributed by atoms with E-state index in [1.54, 1.807) is 0 Å². The van der Waals surface area contributed by atoms with Crippen molar-refractivity contribution in [2.24, 2.45) is 10.8 Å². The van der Waals surface area contributed by atoms with Crippen molar-refractivity contribution in [3.63, 3.8) is 0 Å². The van der Waals surface area contributed by atoms with E-state index in [1.165, 1.54) is 13.8 Å². The van der Waals surface area contributed by atoms with E-state index in [0.29, 0.717) is 0 Å². The summed E-state index contributed by atoms with van der Waals surface area (Å²) in [4.78, 5) is 20.6. The van der Waals surface area contributed by atoms with Crippen LogP contribution in [0.1, 0.15) is 13.8 Å². The van der Waals surface area contributed by atoms with E-state index in [9.17, 15) is 46.1 Å². The standard InChI is InChI=1S/C17H10F6O4S2/c1-13-3-5(11(24)25)28-9(13)7-8(16(20,21)17(22,23)15(7,18)19)10-14(13,2)4-6(29-10)12(26)27/h3-4H,1-2H3,(H,24,25)(H,26,27)/t13-,14-/m1/s1. The highest BCUT2D eigenvalue weighted by molar-refractivity contribution is 8.08. The summed E-state index contributed by atoms with van der Waals surface area (Å²) in [6, 6.07) is 0. The predicted molar refractivity (Wildman–Crippen MR) is 91.7 cm³/mol. The van der Waals surface area contributed by atoms with Crippen LogP contribution in [0.15, 0.2) is 42.9 Å². The maximum Gasteiger partial charge on any atom is 0.380 e. The van der Waals surface area contributed by atoms with E-state index in [0.717, 1.165) is 12.2 Å². The topological polar surface area (TPSA) is 74.6 Å². The highest BCUT2D eigenvalue weighted by Crippen LogP contribution is 2.77. The lowest BCUT2D eigenvalue weighted by molar-refractivity contribution is -0.258. The Hall–Kier alpha value is -1.82. The Bertz CT molecular complexity index is 961. The first-order valence-corrected chi connectivity index (χ1v) is 9.59. The molecule has 2 aliphatic heterocycles. The molecule has 0 spiro atoms. The van der Waals surface area contributed by atoms with Crippen LogP contribution >= 0.6 is 23.5 Å². The molecule has 1 saturated carbocycles. The second-order valence-electron chi connectivity index (χ2n) is 7.37. The maximum absolute atomic E-state index is 14.7. The lowest BCUT2D eigenvalue weighted by Crippen LogP contribution is -2.47. The fraction of sp³-hybridized carbons (Fsp3) is 0.412. The Morgan fingerprint density at radius 2 is 1.07 bits per heavy atom. The smallest absolute Gasteiger partial charge is 0.380 e. The number of carboxylic acids is 2. The van der Waals surface area contributed by atoms with Crippen LogP contribution in [0.25, 0.3) is 0 Å². The molecule has 156 valence electrons. The van der Waals surface area contributed by atoms with Crippen LogP contribution < -0.4 is 0 Å². The van der Waals surface area contributed by atoms with Crippen LogP contribution in [0.3, 0.4) is 0 Å². The Morgan fingerprint density at radius 3 is 1.34 bits per heavy atom. The number of hydrogen-bond acceptors (Lipinski definition) is 4. The molecular formula is C17H10F6O4S2. The third-order valence-corrected chi connectivity index (χ3v) is 8.52. The summed E-state index contributed by atoms with van der Waals surface area (Å²) in [5, 5.41) is 18.6. The Balaban J connectivity index is 2.16. The average Bonchev–Trinajstić information content (AvgIpc) is 3.14. The number of carbonyl (C=O) groups is 2. The molecule has 2 aliphatic carbocycles. The van der Waals surface area contributed by atoms with Crippen LogP contribution in [0.5, 0.6) is 0 Å². The molecule has 29 heavy (non-hydrogen) atoms. The van der Waals surface area contributed by atoms with Crippen LogP contribution in [0, 0.1) is 10.8 Å². The molecular weight excluding hydrogens is 446 g/mol. The summed E-state index contributed by atoms with van der Waals surface area (Å²) >= 11 is 0.427. The molecule has 4 aliphatic rings. The van der Waals surface area contributed by atoms with Crippen molar-refractivity contribution in [1.82, 2.24) is 0 Å². The number of hydrogen-bond donors (Lipinski definition) is 2. The van der Waals surface area contributed by atoms with Gasteiger partial charge < -0.3 is 10.2 Å². The highest BCUT2D eigenvalue weighted by atomic mass is 32.2. The number of thioether (sulfide) groups is 2. The predicted octanol–water partition coefficient (Wildman–Crippen LogP) is 4.87. The van der Waals surface area contributed by atoms with E-state index in [2.05, 4.69) is 0 Å². The van der Waals surface area contributed by atoms with Gasteiger partial charge in [0, 0.05) is 31.8 Å². The molecule has 4 nitrogen and oxygen atoms in total. The fourth-order valence-electron chi connectivity index (χ4n) is 4.09. The van der Waals surface area contributed by atoms with Gasteiger partial charge in [-0.1, -0.05) is 49.5 Å². The molecule has 12 heteroatoms. The first-order valence-electron chi connectivity index (χ1n) is 7.96. The molecule has 2 N–H and O–H groups in total. The van der Waals surface area contributed by atoms with Crippen molar-refractivity contribution in [2.75, 3.05) is 0 Å². The molecule has 1 fully saturated rings. The molecule has 0 amide bonds. The summed E-state index contributed by atoms with van der Waals surface area (Å²) in [6.45, 7) is 2.50. The number of halogens is 6. The number of carboxylic acid groups (broad SMARTS) is 2. The first-order chi connectivity index (χ1) is 13.0. The molecule has 4 rings (SSSR count). The van der Waals surface area contributed by atoms with Gasteiger partial charge >= 0.3 is 29.7 Å². The Labute approximate surface area is 167 Å². The second kappa shape index (κ2) is 5.26. The van der Waals surface area contributed by atoms with Gasteiger partial charge in [0.15, 0.2) is 0 Å². The minimum Gasteiger partial charge on any atom is -0.477 e. The molecule has 0 bridgehead atoms. The van der Waals surface area contributed by atoms with Crippen LogP contribution in [-0.2, 0) is 9.59 Å². The molecule has 2 atom stereocenters.